The highest BCUT2D eigenvalue weighted by molar-refractivity contribution is 7.89. The van der Waals surface area contributed by atoms with Crippen molar-refractivity contribution in [2.24, 2.45) is 0 Å². The molecule has 0 unspecified atom stereocenters. The predicted octanol–water partition coefficient (Wildman–Crippen LogP) is 2.98. The highest BCUT2D eigenvalue weighted by Crippen LogP contribution is 2.38. The molecular formula is C19H26N2O4S. The van der Waals surface area contributed by atoms with Gasteiger partial charge in [-0.15, -0.1) is 0 Å². The maximum Gasteiger partial charge on any atom is 0.244 e. The first-order valence-electron chi connectivity index (χ1n) is 8.76. The molecule has 0 aliphatic heterocycles. The molecule has 1 aliphatic carbocycles. The molecule has 1 aromatic carbocycles. The Kier molecular flexibility index (Phi) is 5.29. The fraction of sp³-hybridized carbons (Fsp3) is 0.474. The van der Waals surface area contributed by atoms with E-state index < -0.39 is 10.0 Å². The van der Waals surface area contributed by atoms with Gasteiger partial charge in [0.25, 0.3) is 0 Å². The summed E-state index contributed by atoms with van der Waals surface area (Å²) < 4.78 is 40.7. The largest absolute Gasteiger partial charge is 0.497 e. The average Bonchev–Trinajstić information content (AvgIpc) is 3.40. The smallest absolute Gasteiger partial charge is 0.244 e. The number of aryl methyl sites for hydroxylation is 1. The normalized spacial score (nSPS) is 14.5. The van der Waals surface area contributed by atoms with Gasteiger partial charge in [-0.05, 0) is 56.9 Å². The fourth-order valence-corrected chi connectivity index (χ4v) is 4.57. The molecule has 1 heterocycles. The topological polar surface area (TPSA) is 69.6 Å². The fourth-order valence-electron chi connectivity index (χ4n) is 3.39. The van der Waals surface area contributed by atoms with E-state index in [1.807, 2.05) is 0 Å². The molecule has 7 heteroatoms. The zero-order valence-corrected chi connectivity index (χ0v) is 16.5. The van der Waals surface area contributed by atoms with Crippen LogP contribution in [-0.4, -0.2) is 33.7 Å². The van der Waals surface area contributed by atoms with Crippen molar-refractivity contribution in [2.45, 2.75) is 44.0 Å². The van der Waals surface area contributed by atoms with E-state index in [0.29, 0.717) is 24.8 Å². The summed E-state index contributed by atoms with van der Waals surface area (Å²) in [5, 5.41) is 0. The van der Waals surface area contributed by atoms with E-state index in [1.54, 1.807) is 12.1 Å². The van der Waals surface area contributed by atoms with E-state index >= 15 is 0 Å². The van der Waals surface area contributed by atoms with Crippen molar-refractivity contribution in [1.29, 1.82) is 0 Å². The number of hydrogen-bond acceptors (Lipinski definition) is 4. The van der Waals surface area contributed by atoms with Crippen molar-refractivity contribution < 1.29 is 17.9 Å². The minimum atomic E-state index is -3.66. The van der Waals surface area contributed by atoms with Crippen molar-refractivity contribution in [2.75, 3.05) is 20.8 Å². The Morgan fingerprint density at radius 1 is 1.15 bits per heavy atom. The molecule has 0 radical (unpaired) electrons. The second kappa shape index (κ2) is 7.32. The Bertz CT molecular complexity index is 899. The first kappa shape index (κ1) is 18.8. The second-order valence-corrected chi connectivity index (χ2v) is 8.40. The van der Waals surface area contributed by atoms with Crippen LogP contribution in [0.3, 0.4) is 0 Å². The van der Waals surface area contributed by atoms with Crippen molar-refractivity contribution in [1.82, 2.24) is 9.29 Å². The molecule has 1 aromatic heterocycles. The first-order chi connectivity index (χ1) is 12.4. The molecule has 0 saturated heterocycles. The van der Waals surface area contributed by atoms with Gasteiger partial charge in [0.15, 0.2) is 0 Å². The predicted molar refractivity (Wildman–Crippen MR) is 101 cm³/mol. The lowest BCUT2D eigenvalue weighted by atomic mass is 10.2. The van der Waals surface area contributed by atoms with Gasteiger partial charge < -0.3 is 14.0 Å². The summed E-state index contributed by atoms with van der Waals surface area (Å²) in [6, 6.07) is 7.47. The molecule has 2 aromatic rings. The van der Waals surface area contributed by atoms with Crippen LogP contribution in [0.15, 0.2) is 29.2 Å². The summed E-state index contributed by atoms with van der Waals surface area (Å²) in [7, 11) is -0.684. The van der Waals surface area contributed by atoms with Crippen LogP contribution in [0.4, 0.5) is 0 Å². The molecule has 0 spiro atoms. The molecule has 26 heavy (non-hydrogen) atoms. The Morgan fingerprint density at radius 3 is 2.50 bits per heavy atom. The third-order valence-corrected chi connectivity index (χ3v) is 6.35. The SMILES string of the molecule is COc1ccc(S(=O)(=O)NCCc2cc(C)n(C3CC3)c2C)c(OC)c1. The molecule has 3 rings (SSSR count). The van der Waals surface area contributed by atoms with Crippen LogP contribution >= 0.6 is 0 Å². The van der Waals surface area contributed by atoms with Crippen LogP contribution < -0.4 is 14.2 Å². The number of sulfonamides is 1. The molecule has 1 N–H and O–H groups in total. The number of nitrogens with zero attached hydrogens (tertiary/aromatic N) is 1. The quantitative estimate of drug-likeness (QED) is 0.767. The number of ether oxygens (including phenoxy) is 2. The lowest BCUT2D eigenvalue weighted by molar-refractivity contribution is 0.386. The average molecular weight is 378 g/mol. The number of methoxy groups -OCH3 is 2. The summed E-state index contributed by atoms with van der Waals surface area (Å²) in [5.74, 6) is 0.817. The lowest BCUT2D eigenvalue weighted by Crippen LogP contribution is -2.26. The standard InChI is InChI=1S/C19H26N2O4S/c1-13-11-15(14(2)21(13)16-5-6-16)9-10-20-26(22,23)19-8-7-17(24-3)12-18(19)25-4/h7-8,11-12,16,20H,5-6,9-10H2,1-4H3. The summed E-state index contributed by atoms with van der Waals surface area (Å²) in [4.78, 5) is 0.115. The van der Waals surface area contributed by atoms with E-state index in [0.717, 1.165) is 0 Å². The zero-order chi connectivity index (χ0) is 18.9. The third-order valence-electron chi connectivity index (χ3n) is 4.85. The molecule has 0 amide bonds. The monoisotopic (exact) mass is 378 g/mol. The summed E-state index contributed by atoms with van der Waals surface area (Å²) in [5.41, 5.74) is 3.68. The van der Waals surface area contributed by atoms with Gasteiger partial charge in [0.2, 0.25) is 10.0 Å². The lowest BCUT2D eigenvalue weighted by Gasteiger charge is -2.12. The Labute approximate surface area is 155 Å². The molecular weight excluding hydrogens is 352 g/mol. The van der Waals surface area contributed by atoms with Gasteiger partial charge in [0.1, 0.15) is 16.4 Å². The van der Waals surface area contributed by atoms with E-state index in [2.05, 4.69) is 29.2 Å². The number of nitrogens with one attached hydrogen (secondary N) is 1. The van der Waals surface area contributed by atoms with Crippen LogP contribution in [0.1, 0.15) is 35.8 Å². The van der Waals surface area contributed by atoms with Gasteiger partial charge in [-0.3, -0.25) is 0 Å². The number of aromatic nitrogens is 1. The van der Waals surface area contributed by atoms with E-state index in [-0.39, 0.29) is 10.6 Å². The molecule has 1 saturated carbocycles. The second-order valence-electron chi connectivity index (χ2n) is 6.66. The van der Waals surface area contributed by atoms with Gasteiger partial charge in [0, 0.05) is 30.0 Å². The molecule has 0 atom stereocenters. The van der Waals surface area contributed by atoms with Gasteiger partial charge in [-0.25, -0.2) is 13.1 Å². The Balaban J connectivity index is 1.70. The maximum atomic E-state index is 12.6. The van der Waals surface area contributed by atoms with Crippen molar-refractivity contribution >= 4 is 10.0 Å². The third kappa shape index (κ3) is 3.73. The van der Waals surface area contributed by atoms with Crippen LogP contribution in [0.2, 0.25) is 0 Å². The maximum absolute atomic E-state index is 12.6. The molecule has 142 valence electrons. The minimum absolute atomic E-state index is 0.115. The van der Waals surface area contributed by atoms with Crippen molar-refractivity contribution in [3.05, 3.63) is 41.2 Å². The van der Waals surface area contributed by atoms with Gasteiger partial charge in [-0.2, -0.15) is 0 Å². The van der Waals surface area contributed by atoms with Crippen LogP contribution in [0.5, 0.6) is 11.5 Å². The van der Waals surface area contributed by atoms with Gasteiger partial charge >= 0.3 is 0 Å². The first-order valence-corrected chi connectivity index (χ1v) is 10.2. The molecule has 6 nitrogen and oxygen atoms in total. The van der Waals surface area contributed by atoms with Crippen LogP contribution in [0.25, 0.3) is 0 Å². The van der Waals surface area contributed by atoms with Crippen LogP contribution in [0, 0.1) is 13.8 Å². The number of hydrogen-bond donors (Lipinski definition) is 1. The summed E-state index contributed by atoms with van der Waals surface area (Å²) in [6.45, 7) is 4.56. The van der Waals surface area contributed by atoms with Gasteiger partial charge in [-0.1, -0.05) is 0 Å². The molecule has 1 aliphatic rings. The van der Waals surface area contributed by atoms with E-state index in [4.69, 9.17) is 9.47 Å². The highest BCUT2D eigenvalue weighted by atomic mass is 32.2. The Morgan fingerprint density at radius 2 is 1.88 bits per heavy atom. The molecule has 1 fully saturated rings. The number of benzene rings is 1. The molecule has 0 bridgehead atoms. The minimum Gasteiger partial charge on any atom is -0.497 e. The summed E-state index contributed by atoms with van der Waals surface area (Å²) >= 11 is 0. The zero-order valence-electron chi connectivity index (χ0n) is 15.7. The van der Waals surface area contributed by atoms with E-state index in [9.17, 15) is 8.42 Å². The Hall–Kier alpha value is -1.99. The highest BCUT2D eigenvalue weighted by Gasteiger charge is 2.27. The van der Waals surface area contributed by atoms with Crippen molar-refractivity contribution in [3.63, 3.8) is 0 Å². The van der Waals surface area contributed by atoms with E-state index in [1.165, 1.54) is 50.1 Å². The summed E-state index contributed by atoms with van der Waals surface area (Å²) in [6.07, 6.45) is 3.13. The number of rotatable bonds is 8. The van der Waals surface area contributed by atoms with Crippen molar-refractivity contribution in [3.8, 4) is 11.5 Å². The van der Waals surface area contributed by atoms with Crippen LogP contribution in [-0.2, 0) is 16.4 Å². The van der Waals surface area contributed by atoms with Gasteiger partial charge in [0.05, 0.1) is 14.2 Å².